The van der Waals surface area contributed by atoms with Gasteiger partial charge in [0.15, 0.2) is 11.6 Å². The minimum Gasteiger partial charge on any atom is -0.507 e. The third-order valence-electron chi connectivity index (χ3n) is 3.55. The number of hydrogen-bond donors (Lipinski definition) is 2. The van der Waals surface area contributed by atoms with Gasteiger partial charge in [-0.1, -0.05) is 12.1 Å². The molecule has 0 bridgehead atoms. The third-order valence-corrected chi connectivity index (χ3v) is 4.26. The van der Waals surface area contributed by atoms with Crippen molar-refractivity contribution in [3.8, 4) is 6.07 Å². The molecule has 0 aliphatic rings. The van der Waals surface area contributed by atoms with Crippen LogP contribution >= 0.6 is 11.8 Å². The highest BCUT2D eigenvalue weighted by Crippen LogP contribution is 2.20. The maximum absolute atomic E-state index is 12.2. The van der Waals surface area contributed by atoms with E-state index in [-0.39, 0.29) is 17.2 Å². The Morgan fingerprint density at radius 2 is 2.15 bits per heavy atom. The van der Waals surface area contributed by atoms with E-state index >= 15 is 0 Å². The summed E-state index contributed by atoms with van der Waals surface area (Å²) in [5.74, 6) is -0.793. The fourth-order valence-electron chi connectivity index (χ4n) is 2.32. The minimum absolute atomic E-state index is 0.0784. The van der Waals surface area contributed by atoms with Crippen molar-refractivity contribution in [2.75, 3.05) is 12.9 Å². The van der Waals surface area contributed by atoms with E-state index < -0.39 is 12.6 Å². The molecule has 7 nitrogen and oxygen atoms in total. The van der Waals surface area contributed by atoms with Crippen LogP contribution < -0.4 is 0 Å². The lowest BCUT2D eigenvalue weighted by Gasteiger charge is -2.07. The third kappa shape index (κ3) is 3.53. The molecule has 3 rings (SSSR count). The van der Waals surface area contributed by atoms with Crippen LogP contribution in [0.5, 0.6) is 0 Å². The fraction of sp³-hybridized carbons (Fsp3) is 0.111. The van der Waals surface area contributed by atoms with E-state index in [1.54, 1.807) is 30.7 Å². The van der Waals surface area contributed by atoms with Crippen molar-refractivity contribution in [2.24, 2.45) is 0 Å². The summed E-state index contributed by atoms with van der Waals surface area (Å²) in [6.45, 7) is -0.443. The SMILES string of the molecule is CSc1ncccc1C(=O)OCC(O)=C(C#N)c1nc2ccccc2[nH]1. The quantitative estimate of drug-likeness (QED) is 0.308. The normalized spacial score (nSPS) is 11.7. The molecule has 0 aliphatic heterocycles. The Labute approximate surface area is 153 Å². The second-order valence-corrected chi connectivity index (χ2v) is 5.97. The maximum Gasteiger partial charge on any atom is 0.341 e. The van der Waals surface area contributed by atoms with E-state index in [1.807, 2.05) is 24.3 Å². The summed E-state index contributed by atoms with van der Waals surface area (Å²) in [6, 6.07) is 12.4. The van der Waals surface area contributed by atoms with E-state index in [4.69, 9.17) is 4.74 Å². The van der Waals surface area contributed by atoms with Crippen LogP contribution in [-0.4, -0.2) is 38.9 Å². The number of nitrogens with one attached hydrogen (secondary N) is 1. The van der Waals surface area contributed by atoms with Crippen LogP contribution in [0.1, 0.15) is 16.2 Å². The Bertz CT molecular complexity index is 1000. The van der Waals surface area contributed by atoms with Gasteiger partial charge in [-0.3, -0.25) is 0 Å². The molecule has 0 unspecified atom stereocenters. The van der Waals surface area contributed by atoms with Gasteiger partial charge in [0.05, 0.1) is 16.6 Å². The van der Waals surface area contributed by atoms with E-state index in [2.05, 4.69) is 15.0 Å². The van der Waals surface area contributed by atoms with Gasteiger partial charge in [-0.2, -0.15) is 5.26 Å². The van der Waals surface area contributed by atoms with Crippen molar-refractivity contribution >= 4 is 34.3 Å². The van der Waals surface area contributed by atoms with E-state index in [9.17, 15) is 15.2 Å². The van der Waals surface area contributed by atoms with E-state index in [0.29, 0.717) is 16.1 Å². The Morgan fingerprint density at radius 3 is 2.88 bits per heavy atom. The number of nitriles is 1. The molecule has 3 aromatic rings. The van der Waals surface area contributed by atoms with Crippen LogP contribution in [0.3, 0.4) is 0 Å². The molecule has 0 spiro atoms. The first-order valence-corrected chi connectivity index (χ1v) is 8.80. The van der Waals surface area contributed by atoms with Gasteiger partial charge >= 0.3 is 5.97 Å². The van der Waals surface area contributed by atoms with Crippen LogP contribution in [0.25, 0.3) is 16.6 Å². The lowest BCUT2D eigenvalue weighted by molar-refractivity contribution is 0.0498. The molecule has 0 radical (unpaired) electrons. The number of carbonyl (C=O) groups excluding carboxylic acids is 1. The topological polar surface area (TPSA) is 112 Å². The number of thioether (sulfide) groups is 1. The van der Waals surface area contributed by atoms with Gasteiger partial charge in [-0.05, 0) is 30.5 Å². The molecule has 0 atom stereocenters. The van der Waals surface area contributed by atoms with Crippen molar-refractivity contribution in [1.82, 2.24) is 15.0 Å². The standard InChI is InChI=1S/C18H14N4O3S/c1-26-17-11(5-4-8-20-17)18(24)25-10-15(23)12(9-19)16-21-13-6-2-3-7-14(13)22-16/h2-8,23H,10H2,1H3,(H,21,22). The van der Waals surface area contributed by atoms with Crippen molar-refractivity contribution in [3.05, 3.63) is 59.7 Å². The summed E-state index contributed by atoms with van der Waals surface area (Å²) >= 11 is 1.31. The molecule has 26 heavy (non-hydrogen) atoms. The number of imidazole rings is 1. The number of pyridine rings is 1. The first-order valence-electron chi connectivity index (χ1n) is 7.57. The number of fused-ring (bicyclic) bond motifs is 1. The number of ether oxygens (including phenoxy) is 1. The summed E-state index contributed by atoms with van der Waals surface area (Å²) in [7, 11) is 0. The number of benzene rings is 1. The maximum atomic E-state index is 12.2. The van der Waals surface area contributed by atoms with E-state index in [0.717, 1.165) is 5.52 Å². The highest BCUT2D eigenvalue weighted by Gasteiger charge is 2.17. The Hall–Kier alpha value is -3.31. The number of allylic oxidation sites excluding steroid dienone is 1. The first-order chi connectivity index (χ1) is 12.6. The van der Waals surface area contributed by atoms with Crippen LogP contribution in [0, 0.1) is 11.3 Å². The number of aliphatic hydroxyl groups is 1. The number of nitrogens with zero attached hydrogens (tertiary/aromatic N) is 3. The van der Waals surface area contributed by atoms with Crippen LogP contribution in [0.2, 0.25) is 0 Å². The summed E-state index contributed by atoms with van der Waals surface area (Å²) in [5.41, 5.74) is 1.63. The molecule has 1 aromatic carbocycles. The van der Waals surface area contributed by atoms with Crippen molar-refractivity contribution in [3.63, 3.8) is 0 Å². The van der Waals surface area contributed by atoms with Gasteiger partial charge in [0, 0.05) is 6.20 Å². The van der Waals surface area contributed by atoms with Gasteiger partial charge in [-0.25, -0.2) is 14.8 Å². The molecule has 0 saturated heterocycles. The predicted octanol–water partition coefficient (Wildman–Crippen LogP) is 3.33. The molecule has 0 saturated carbocycles. The minimum atomic E-state index is -0.629. The van der Waals surface area contributed by atoms with E-state index in [1.165, 1.54) is 11.8 Å². The number of rotatable bonds is 5. The van der Waals surface area contributed by atoms with Crippen LogP contribution in [0.4, 0.5) is 0 Å². The number of esters is 1. The summed E-state index contributed by atoms with van der Waals surface area (Å²) in [5, 5.41) is 20.1. The zero-order chi connectivity index (χ0) is 18.5. The molecule has 2 heterocycles. The van der Waals surface area contributed by atoms with Crippen LogP contribution in [0.15, 0.2) is 53.4 Å². The van der Waals surface area contributed by atoms with Crippen molar-refractivity contribution < 1.29 is 14.6 Å². The summed E-state index contributed by atoms with van der Waals surface area (Å²) < 4.78 is 5.12. The average molecular weight is 366 g/mol. The predicted molar refractivity (Wildman–Crippen MR) is 97.6 cm³/mol. The monoisotopic (exact) mass is 366 g/mol. The van der Waals surface area contributed by atoms with Crippen LogP contribution in [-0.2, 0) is 4.74 Å². The zero-order valence-electron chi connectivity index (χ0n) is 13.8. The molecule has 0 fully saturated rings. The largest absolute Gasteiger partial charge is 0.507 e. The number of carbonyl (C=O) groups is 1. The molecule has 0 aliphatic carbocycles. The number of H-pyrrole nitrogens is 1. The van der Waals surface area contributed by atoms with Gasteiger partial charge in [0.2, 0.25) is 0 Å². The molecular formula is C18H14N4O3S. The highest BCUT2D eigenvalue weighted by molar-refractivity contribution is 7.98. The number of para-hydroxylation sites is 2. The number of aromatic nitrogens is 3. The van der Waals surface area contributed by atoms with Crippen molar-refractivity contribution in [2.45, 2.75) is 5.03 Å². The molecular weight excluding hydrogens is 352 g/mol. The second kappa shape index (κ2) is 7.72. The highest BCUT2D eigenvalue weighted by atomic mass is 32.2. The lowest BCUT2D eigenvalue weighted by atomic mass is 10.2. The lowest BCUT2D eigenvalue weighted by Crippen LogP contribution is -2.10. The molecule has 2 aromatic heterocycles. The van der Waals surface area contributed by atoms with Crippen molar-refractivity contribution in [1.29, 1.82) is 5.26 Å². The summed E-state index contributed by atoms with van der Waals surface area (Å²) in [6.07, 6.45) is 3.38. The zero-order valence-corrected chi connectivity index (χ0v) is 14.6. The molecule has 8 heteroatoms. The first kappa shape index (κ1) is 17.5. The molecule has 2 N–H and O–H groups in total. The van der Waals surface area contributed by atoms with Gasteiger partial charge < -0.3 is 14.8 Å². The molecule has 0 amide bonds. The average Bonchev–Trinajstić information content (AvgIpc) is 3.10. The molecule has 130 valence electrons. The fourth-order valence-corrected chi connectivity index (χ4v) is 2.86. The number of hydrogen-bond acceptors (Lipinski definition) is 7. The number of aromatic amines is 1. The Balaban J connectivity index is 1.81. The Kier molecular flexibility index (Phi) is 5.20. The summed E-state index contributed by atoms with van der Waals surface area (Å²) in [4.78, 5) is 23.5. The van der Waals surface area contributed by atoms with Gasteiger partial charge in [0.1, 0.15) is 23.3 Å². The van der Waals surface area contributed by atoms with Gasteiger partial charge in [0.25, 0.3) is 0 Å². The van der Waals surface area contributed by atoms with Gasteiger partial charge in [-0.15, -0.1) is 11.8 Å². The smallest absolute Gasteiger partial charge is 0.341 e. The number of aliphatic hydroxyl groups excluding tert-OH is 1. The second-order valence-electron chi connectivity index (χ2n) is 5.17. The Morgan fingerprint density at radius 1 is 1.35 bits per heavy atom.